The van der Waals surface area contributed by atoms with Crippen LogP contribution in [-0.4, -0.2) is 13.0 Å². The molecule has 21 heavy (non-hydrogen) atoms. The third-order valence-electron chi connectivity index (χ3n) is 3.01. The predicted molar refractivity (Wildman–Crippen MR) is 71.9 cm³/mol. The monoisotopic (exact) mass is 295 g/mol. The van der Waals surface area contributed by atoms with Crippen LogP contribution in [0.1, 0.15) is 15.9 Å². The summed E-state index contributed by atoms with van der Waals surface area (Å²) in [7, 11) is 1.46. The first-order valence-electron chi connectivity index (χ1n) is 5.99. The fourth-order valence-corrected chi connectivity index (χ4v) is 2.07. The van der Waals surface area contributed by atoms with Crippen LogP contribution in [0.2, 0.25) is 0 Å². The molecule has 0 saturated heterocycles. The van der Waals surface area contributed by atoms with Gasteiger partial charge in [-0.15, -0.1) is 0 Å². The second kappa shape index (κ2) is 5.47. The standard InChI is InChI=1S/C15H12F3NO2/c1-21-10-7-5-9(6-8-10)11-3-2-4-12(14(19)20)13(11)15(16,17)18/h2-8H,1H3,(H2,19,20). The number of hydrogen-bond donors (Lipinski definition) is 1. The summed E-state index contributed by atoms with van der Waals surface area (Å²) in [5.41, 5.74) is 3.70. The lowest BCUT2D eigenvalue weighted by atomic mass is 9.94. The van der Waals surface area contributed by atoms with Crippen LogP contribution in [0.5, 0.6) is 5.75 Å². The van der Waals surface area contributed by atoms with E-state index in [1.54, 1.807) is 12.1 Å². The predicted octanol–water partition coefficient (Wildman–Crippen LogP) is 3.48. The quantitative estimate of drug-likeness (QED) is 0.942. The van der Waals surface area contributed by atoms with E-state index in [4.69, 9.17) is 10.5 Å². The zero-order valence-electron chi connectivity index (χ0n) is 11.1. The number of hydrogen-bond acceptors (Lipinski definition) is 2. The van der Waals surface area contributed by atoms with Crippen molar-refractivity contribution in [2.75, 3.05) is 7.11 Å². The van der Waals surface area contributed by atoms with Gasteiger partial charge in [-0.1, -0.05) is 24.3 Å². The lowest BCUT2D eigenvalue weighted by molar-refractivity contribution is -0.137. The van der Waals surface area contributed by atoms with Crippen LogP contribution in [0.15, 0.2) is 42.5 Å². The van der Waals surface area contributed by atoms with E-state index < -0.39 is 23.2 Å². The molecule has 0 aliphatic carbocycles. The molecule has 1 amide bonds. The minimum Gasteiger partial charge on any atom is -0.497 e. The zero-order chi connectivity index (χ0) is 15.6. The number of alkyl halides is 3. The number of amides is 1. The summed E-state index contributed by atoms with van der Waals surface area (Å²) in [6, 6.07) is 9.82. The fourth-order valence-electron chi connectivity index (χ4n) is 2.07. The van der Waals surface area contributed by atoms with E-state index in [-0.39, 0.29) is 5.56 Å². The van der Waals surface area contributed by atoms with Gasteiger partial charge in [-0.3, -0.25) is 4.79 Å². The largest absolute Gasteiger partial charge is 0.497 e. The van der Waals surface area contributed by atoms with Gasteiger partial charge in [0.05, 0.1) is 18.2 Å². The lowest BCUT2D eigenvalue weighted by Crippen LogP contribution is -2.19. The summed E-state index contributed by atoms with van der Waals surface area (Å²) < 4.78 is 44.8. The van der Waals surface area contributed by atoms with Gasteiger partial charge in [0, 0.05) is 0 Å². The fraction of sp³-hybridized carbons (Fsp3) is 0.133. The van der Waals surface area contributed by atoms with Gasteiger partial charge in [0.15, 0.2) is 0 Å². The van der Waals surface area contributed by atoms with Crippen molar-refractivity contribution < 1.29 is 22.7 Å². The van der Waals surface area contributed by atoms with Crippen molar-refractivity contribution in [2.24, 2.45) is 5.73 Å². The van der Waals surface area contributed by atoms with Crippen molar-refractivity contribution in [1.82, 2.24) is 0 Å². The van der Waals surface area contributed by atoms with Crippen molar-refractivity contribution in [3.63, 3.8) is 0 Å². The van der Waals surface area contributed by atoms with Crippen LogP contribution in [0.3, 0.4) is 0 Å². The van der Waals surface area contributed by atoms with E-state index in [9.17, 15) is 18.0 Å². The molecule has 0 bridgehead atoms. The van der Waals surface area contributed by atoms with Crippen LogP contribution in [0.4, 0.5) is 13.2 Å². The van der Waals surface area contributed by atoms with Gasteiger partial charge in [-0.05, 0) is 29.3 Å². The van der Waals surface area contributed by atoms with Gasteiger partial charge in [0.1, 0.15) is 5.75 Å². The first kappa shape index (κ1) is 14.9. The molecule has 3 nitrogen and oxygen atoms in total. The van der Waals surface area contributed by atoms with Gasteiger partial charge >= 0.3 is 6.18 Å². The van der Waals surface area contributed by atoms with Crippen molar-refractivity contribution in [3.8, 4) is 16.9 Å². The summed E-state index contributed by atoms with van der Waals surface area (Å²) in [4.78, 5) is 11.3. The third-order valence-corrected chi connectivity index (χ3v) is 3.01. The summed E-state index contributed by atoms with van der Waals surface area (Å²) in [5.74, 6) is -0.587. The maximum absolute atomic E-state index is 13.3. The number of methoxy groups -OCH3 is 1. The second-order valence-electron chi connectivity index (χ2n) is 4.32. The molecule has 2 rings (SSSR count). The third kappa shape index (κ3) is 2.99. The molecule has 0 fully saturated rings. The summed E-state index contributed by atoms with van der Waals surface area (Å²) in [6.07, 6.45) is -4.68. The van der Waals surface area contributed by atoms with Crippen molar-refractivity contribution in [3.05, 3.63) is 53.6 Å². The number of primary amides is 1. The molecule has 0 saturated carbocycles. The second-order valence-corrected chi connectivity index (χ2v) is 4.32. The summed E-state index contributed by atoms with van der Waals surface area (Å²) in [5, 5.41) is 0. The number of nitrogens with two attached hydrogens (primary N) is 1. The van der Waals surface area contributed by atoms with E-state index in [1.807, 2.05) is 0 Å². The van der Waals surface area contributed by atoms with E-state index in [1.165, 1.54) is 31.4 Å². The molecule has 6 heteroatoms. The Hall–Kier alpha value is -2.50. The average molecular weight is 295 g/mol. The molecule has 2 aromatic carbocycles. The summed E-state index contributed by atoms with van der Waals surface area (Å²) >= 11 is 0. The topological polar surface area (TPSA) is 52.3 Å². The van der Waals surface area contributed by atoms with Crippen LogP contribution in [0.25, 0.3) is 11.1 Å². The Kier molecular flexibility index (Phi) is 3.88. The number of carbonyl (C=O) groups is 1. The highest BCUT2D eigenvalue weighted by Crippen LogP contribution is 2.39. The Bertz CT molecular complexity index is 664. The molecule has 2 aromatic rings. The highest BCUT2D eigenvalue weighted by atomic mass is 19.4. The number of halogens is 3. The van der Waals surface area contributed by atoms with Gasteiger partial charge in [-0.25, -0.2) is 0 Å². The number of ether oxygens (including phenoxy) is 1. The van der Waals surface area contributed by atoms with Crippen LogP contribution in [-0.2, 0) is 6.18 Å². The van der Waals surface area contributed by atoms with E-state index in [0.29, 0.717) is 11.3 Å². The van der Waals surface area contributed by atoms with E-state index in [0.717, 1.165) is 6.07 Å². The molecule has 2 N–H and O–H groups in total. The summed E-state index contributed by atoms with van der Waals surface area (Å²) in [6.45, 7) is 0. The van der Waals surface area contributed by atoms with Crippen molar-refractivity contribution in [2.45, 2.75) is 6.18 Å². The van der Waals surface area contributed by atoms with Gasteiger partial charge in [-0.2, -0.15) is 13.2 Å². The number of benzene rings is 2. The zero-order valence-corrected chi connectivity index (χ0v) is 11.1. The molecule has 0 aliphatic rings. The van der Waals surface area contributed by atoms with Gasteiger partial charge in [0.2, 0.25) is 5.91 Å². The number of carbonyl (C=O) groups excluding carboxylic acids is 1. The molecule has 0 radical (unpaired) electrons. The Labute approximate surface area is 119 Å². The van der Waals surface area contributed by atoms with E-state index in [2.05, 4.69) is 0 Å². The Morgan fingerprint density at radius 1 is 1.10 bits per heavy atom. The minimum absolute atomic E-state index is 0.0959. The first-order valence-corrected chi connectivity index (χ1v) is 5.99. The molecular formula is C15H12F3NO2. The smallest absolute Gasteiger partial charge is 0.417 e. The molecule has 110 valence electrons. The van der Waals surface area contributed by atoms with Crippen LogP contribution in [0, 0.1) is 0 Å². The van der Waals surface area contributed by atoms with Crippen molar-refractivity contribution >= 4 is 5.91 Å². The normalized spacial score (nSPS) is 11.2. The number of rotatable bonds is 3. The van der Waals surface area contributed by atoms with Gasteiger partial charge < -0.3 is 10.5 Å². The first-order chi connectivity index (χ1) is 9.84. The van der Waals surface area contributed by atoms with E-state index >= 15 is 0 Å². The Balaban J connectivity index is 2.67. The van der Waals surface area contributed by atoms with Gasteiger partial charge in [0.25, 0.3) is 0 Å². The maximum atomic E-state index is 13.3. The Morgan fingerprint density at radius 2 is 1.71 bits per heavy atom. The SMILES string of the molecule is COc1ccc(-c2cccc(C(N)=O)c2C(F)(F)F)cc1. The molecule has 0 unspecified atom stereocenters. The molecule has 0 atom stereocenters. The molecule has 0 spiro atoms. The lowest BCUT2D eigenvalue weighted by Gasteiger charge is -2.16. The maximum Gasteiger partial charge on any atom is 0.417 e. The van der Waals surface area contributed by atoms with Crippen molar-refractivity contribution in [1.29, 1.82) is 0 Å². The Morgan fingerprint density at radius 3 is 2.19 bits per heavy atom. The van der Waals surface area contributed by atoms with Crippen LogP contribution < -0.4 is 10.5 Å². The highest BCUT2D eigenvalue weighted by Gasteiger charge is 2.37. The average Bonchev–Trinajstić information content (AvgIpc) is 2.45. The minimum atomic E-state index is -4.68. The van der Waals surface area contributed by atoms with Crippen LogP contribution >= 0.6 is 0 Å². The molecule has 0 heterocycles. The molecule has 0 aliphatic heterocycles. The molecule has 0 aromatic heterocycles. The molecular weight excluding hydrogens is 283 g/mol. The highest BCUT2D eigenvalue weighted by molar-refractivity contribution is 5.96.